The molecule has 2 saturated carbocycles. The fourth-order valence-electron chi connectivity index (χ4n) is 10.2. The third kappa shape index (κ3) is 14.8. The molecule has 0 aromatic heterocycles. The van der Waals surface area contributed by atoms with Gasteiger partial charge < -0.3 is 28.4 Å². The minimum atomic E-state index is -3.72. The summed E-state index contributed by atoms with van der Waals surface area (Å²) in [6.07, 6.45) is 6.64. The molecule has 0 bridgehead atoms. The van der Waals surface area contributed by atoms with Gasteiger partial charge in [-0.1, -0.05) is 24.3 Å². The van der Waals surface area contributed by atoms with Gasteiger partial charge in [0.2, 0.25) is 10.0 Å². The zero-order valence-corrected chi connectivity index (χ0v) is 42.4. The van der Waals surface area contributed by atoms with Crippen LogP contribution in [0.15, 0.2) is 48.5 Å². The second-order valence-corrected chi connectivity index (χ2v) is 22.8. The number of nitrogens with one attached hydrogen (secondary N) is 1. The van der Waals surface area contributed by atoms with E-state index < -0.39 is 50.5 Å². The number of sulfonamides is 1. The Morgan fingerprint density at radius 2 is 1.07 bits per heavy atom. The zero-order valence-electron chi connectivity index (χ0n) is 40.8. The van der Waals surface area contributed by atoms with Crippen LogP contribution in [0.3, 0.4) is 0 Å². The Bertz CT molecular complexity index is 1990. The van der Waals surface area contributed by atoms with E-state index in [2.05, 4.69) is 4.72 Å². The van der Waals surface area contributed by atoms with Crippen molar-refractivity contribution in [1.29, 1.82) is 0 Å². The smallest absolute Gasteiger partial charge is 0.410 e. The maximum atomic E-state index is 13.6. The summed E-state index contributed by atoms with van der Waals surface area (Å²) in [6.45, 7) is 0.955. The predicted molar refractivity (Wildman–Crippen MR) is 252 cm³/mol. The fraction of sp³-hybridized carbons (Fsp3) is 0.702. The van der Waals surface area contributed by atoms with E-state index in [9.17, 15) is 35.2 Å². The summed E-state index contributed by atoms with van der Waals surface area (Å²) in [7, 11) is 4.46. The first-order chi connectivity index (χ1) is 32.3. The largest absolute Gasteiger partial charge is 0.453 e. The van der Waals surface area contributed by atoms with Crippen molar-refractivity contribution in [2.24, 2.45) is 5.92 Å². The van der Waals surface area contributed by atoms with Crippen LogP contribution in [0.5, 0.6) is 0 Å². The van der Waals surface area contributed by atoms with Crippen molar-refractivity contribution in [3.05, 3.63) is 71.3 Å². The van der Waals surface area contributed by atoms with E-state index in [0.717, 1.165) is 66.8 Å². The maximum absolute atomic E-state index is 13.6. The van der Waals surface area contributed by atoms with Gasteiger partial charge in [-0.25, -0.2) is 31.1 Å². The SMILES string of the molecule is COC[C@@H]1C[C@H](CS(=O)(=O)N(C)C)[C@H](COC2CCC(c3cccc(F)c3)CC2)N1C(=O)OC.COC[C@@H]1C[C@H](NS(=O)(=O)N(C)C)[C@H](COC2CCC(c3cccc(F)c3)CC2)N1C(=O)OC. The highest BCUT2D eigenvalue weighted by molar-refractivity contribution is 7.89. The van der Waals surface area contributed by atoms with Gasteiger partial charge in [-0.15, -0.1) is 0 Å². The van der Waals surface area contributed by atoms with Gasteiger partial charge in [0.1, 0.15) is 11.6 Å². The summed E-state index contributed by atoms with van der Waals surface area (Å²) in [6, 6.07) is 11.4. The van der Waals surface area contributed by atoms with Gasteiger partial charge in [-0.2, -0.15) is 17.4 Å². The second kappa shape index (κ2) is 25.5. The molecule has 0 spiro atoms. The van der Waals surface area contributed by atoms with E-state index in [1.54, 1.807) is 36.3 Å². The minimum absolute atomic E-state index is 0.0110. The Morgan fingerprint density at radius 3 is 1.49 bits per heavy atom. The first-order valence-electron chi connectivity index (χ1n) is 23.4. The average molecular weight is 1000 g/mol. The van der Waals surface area contributed by atoms with Gasteiger partial charge in [0.05, 0.1) is 82.8 Å². The van der Waals surface area contributed by atoms with Gasteiger partial charge in [0.15, 0.2) is 0 Å². The molecule has 2 saturated heterocycles. The van der Waals surface area contributed by atoms with Gasteiger partial charge in [-0.3, -0.25) is 9.80 Å². The highest BCUT2D eigenvalue weighted by Crippen LogP contribution is 2.38. The van der Waals surface area contributed by atoms with Crippen LogP contribution >= 0.6 is 0 Å². The van der Waals surface area contributed by atoms with Crippen molar-refractivity contribution in [2.45, 2.75) is 118 Å². The molecule has 17 nitrogen and oxygen atoms in total. The molecule has 2 aliphatic heterocycles. The Balaban J connectivity index is 0.000000254. The third-order valence-electron chi connectivity index (χ3n) is 13.9. The summed E-state index contributed by atoms with van der Waals surface area (Å²) in [5, 5.41) is 0. The summed E-state index contributed by atoms with van der Waals surface area (Å²) < 4.78 is 116. The predicted octanol–water partition coefficient (Wildman–Crippen LogP) is 5.72. The molecule has 2 aromatic carbocycles. The van der Waals surface area contributed by atoms with Crippen LogP contribution in [0, 0.1) is 17.6 Å². The van der Waals surface area contributed by atoms with E-state index >= 15 is 0 Å². The van der Waals surface area contributed by atoms with Gasteiger partial charge in [-0.05, 0) is 117 Å². The number of likely N-dealkylation sites (tertiary alicyclic amines) is 2. The van der Waals surface area contributed by atoms with Crippen molar-refractivity contribution in [1.82, 2.24) is 23.1 Å². The normalized spacial score (nSPS) is 27.8. The van der Waals surface area contributed by atoms with E-state index in [-0.39, 0.29) is 67.4 Å². The Labute approximate surface area is 402 Å². The summed E-state index contributed by atoms with van der Waals surface area (Å²) >= 11 is 0. The van der Waals surface area contributed by atoms with Crippen molar-refractivity contribution >= 4 is 32.4 Å². The lowest BCUT2D eigenvalue weighted by Crippen LogP contribution is -2.52. The van der Waals surface area contributed by atoms with Crippen molar-refractivity contribution in [3.8, 4) is 0 Å². The van der Waals surface area contributed by atoms with Crippen LogP contribution in [-0.4, -0.2) is 179 Å². The minimum Gasteiger partial charge on any atom is -0.453 e. The van der Waals surface area contributed by atoms with Crippen molar-refractivity contribution < 1.29 is 63.6 Å². The van der Waals surface area contributed by atoms with Crippen molar-refractivity contribution in [2.75, 3.05) is 88.8 Å². The van der Waals surface area contributed by atoms with Crippen molar-refractivity contribution in [3.63, 3.8) is 0 Å². The molecule has 0 radical (unpaired) electrons. The van der Waals surface area contributed by atoms with Crippen LogP contribution in [0.4, 0.5) is 18.4 Å². The number of carbonyl (C=O) groups is 2. The van der Waals surface area contributed by atoms with Crippen LogP contribution in [0.2, 0.25) is 0 Å². The Hall–Kier alpha value is -3.54. The number of hydrogen-bond acceptors (Lipinski definition) is 12. The molecule has 21 heteroatoms. The molecule has 2 aromatic rings. The van der Waals surface area contributed by atoms with E-state index in [0.29, 0.717) is 31.3 Å². The molecule has 2 heterocycles. The second-order valence-electron chi connectivity index (χ2n) is 18.6. The zero-order chi connectivity index (χ0) is 49.8. The topological polar surface area (TPSA) is 183 Å². The number of hydrogen-bond donors (Lipinski definition) is 1. The number of amides is 2. The standard InChI is InChI=1S/C24H37FN2O6S.C23H36FN3O6S/c1-26(2)34(29,30)16-19-13-21(14-31-3)27(24(28)32-4)23(19)15-33-22-10-8-17(9-11-22)18-6-5-7-20(25)12-18;1-26(2)34(29,30)25-21-13-19(14-31-3)27(23(28)32-4)22(21)15-33-20-10-8-16(9-11-20)17-6-5-7-18(24)12-17/h5-7,12,17,19,21-23H,8-11,13-16H2,1-4H3;5-7,12,16,19-22,25H,8-11,13-15H2,1-4H3/t17?,19-,21+,22?,23+;16?,19-,20?,21-,22-/m10/s1. The molecule has 6 rings (SSSR count). The number of nitrogens with zero attached hydrogens (tertiary/aromatic N) is 4. The summed E-state index contributed by atoms with van der Waals surface area (Å²) in [5.74, 6) is -0.220. The first-order valence-corrected chi connectivity index (χ1v) is 26.4. The molecule has 384 valence electrons. The van der Waals surface area contributed by atoms with Gasteiger partial charge >= 0.3 is 12.2 Å². The molecule has 0 unspecified atom stereocenters. The maximum Gasteiger partial charge on any atom is 0.410 e. The van der Waals surface area contributed by atoms with E-state index in [4.69, 9.17) is 28.4 Å². The molecule has 4 aliphatic rings. The number of carbonyl (C=O) groups excluding carboxylic acids is 2. The molecular weight excluding hydrogens is 929 g/mol. The lowest BCUT2D eigenvalue weighted by Gasteiger charge is -2.33. The quantitative estimate of drug-likeness (QED) is 0.192. The Morgan fingerprint density at radius 1 is 0.632 bits per heavy atom. The summed E-state index contributed by atoms with van der Waals surface area (Å²) in [4.78, 5) is 28.4. The lowest BCUT2D eigenvalue weighted by atomic mass is 9.82. The monoisotopic (exact) mass is 1000 g/mol. The van der Waals surface area contributed by atoms with Crippen LogP contribution < -0.4 is 4.72 Å². The average Bonchev–Trinajstić information content (AvgIpc) is 3.82. The molecule has 2 amide bonds. The van der Waals surface area contributed by atoms with Gasteiger partial charge in [0.25, 0.3) is 10.2 Å². The van der Waals surface area contributed by atoms with E-state index in [1.165, 1.54) is 70.9 Å². The number of rotatable bonds is 18. The van der Waals surface area contributed by atoms with Gasteiger partial charge in [0, 0.05) is 48.5 Å². The fourth-order valence-corrected chi connectivity index (χ4v) is 12.2. The number of ether oxygens (including phenoxy) is 6. The summed E-state index contributed by atoms with van der Waals surface area (Å²) in [5.41, 5.74) is 2.02. The first kappa shape index (κ1) is 55.4. The number of halogens is 2. The highest BCUT2D eigenvalue weighted by Gasteiger charge is 2.48. The molecule has 2 aliphatic carbocycles. The Kier molecular flexibility index (Phi) is 20.8. The number of methoxy groups -OCH3 is 4. The molecule has 6 atom stereocenters. The van der Waals surface area contributed by atoms with Crippen LogP contribution in [0.25, 0.3) is 0 Å². The highest BCUT2D eigenvalue weighted by atomic mass is 32.2. The number of benzene rings is 2. The molecule has 1 N–H and O–H groups in total. The lowest BCUT2D eigenvalue weighted by molar-refractivity contribution is -0.0157. The van der Waals surface area contributed by atoms with Crippen LogP contribution in [0.1, 0.15) is 87.2 Å². The van der Waals surface area contributed by atoms with E-state index in [1.807, 2.05) is 12.1 Å². The third-order valence-corrected chi connectivity index (χ3v) is 17.4. The van der Waals surface area contributed by atoms with Crippen LogP contribution in [-0.2, 0) is 48.7 Å². The molecular formula is C47H73F2N5O12S2. The molecule has 68 heavy (non-hydrogen) atoms. The molecule has 4 fully saturated rings.